The number of nitrogen functional groups attached to an aromatic ring is 1. The molecule has 11 N–H and O–H groups in total. The molecule has 0 aromatic carbocycles. The number of aliphatic hydroxyl groups is 2. The minimum absolute atomic E-state index is 0.00502. The molecule has 57 heavy (non-hydrogen) atoms. The molecule has 0 aliphatic carbocycles. The lowest BCUT2D eigenvalue weighted by Crippen LogP contribution is -2.46. The summed E-state index contributed by atoms with van der Waals surface area (Å²) in [6, 6.07) is 0. The van der Waals surface area contributed by atoms with Crippen molar-refractivity contribution >= 4 is 80.9 Å². The molecule has 0 saturated carbocycles. The van der Waals surface area contributed by atoms with Gasteiger partial charge in [-0.25, -0.2) is 28.6 Å². The third kappa shape index (κ3) is 14.8. The second-order valence-electron chi connectivity index (χ2n) is 12.5. The number of carboxylic acid groups (broad SMARTS) is 1. The van der Waals surface area contributed by atoms with E-state index < -0.39 is 114 Å². The van der Waals surface area contributed by atoms with Gasteiger partial charge in [0.1, 0.15) is 36.3 Å². The van der Waals surface area contributed by atoms with Crippen molar-refractivity contribution in [3.05, 3.63) is 12.7 Å². The summed E-state index contributed by atoms with van der Waals surface area (Å²) in [5.74, 6) is -3.79. The molecule has 3 heterocycles. The summed E-state index contributed by atoms with van der Waals surface area (Å²) in [5, 5.41) is 33.8. The third-order valence-electron chi connectivity index (χ3n) is 7.53. The van der Waals surface area contributed by atoms with E-state index in [1.54, 1.807) is 0 Å². The number of fused-ring (bicyclic) bond motifs is 1. The molecule has 0 bridgehead atoms. The van der Waals surface area contributed by atoms with Crippen LogP contribution in [0.25, 0.3) is 11.2 Å². The van der Waals surface area contributed by atoms with Gasteiger partial charge >= 0.3 is 29.4 Å². The van der Waals surface area contributed by atoms with Crippen molar-refractivity contribution in [2.45, 2.75) is 63.8 Å². The summed E-state index contributed by atoms with van der Waals surface area (Å²) in [7, 11) is -16.5. The number of ether oxygens (including phenoxy) is 1. The van der Waals surface area contributed by atoms with Crippen LogP contribution in [0.4, 0.5) is 5.82 Å². The number of hydrogen-bond acceptors (Lipinski definition) is 20. The predicted molar refractivity (Wildman–Crippen MR) is 189 cm³/mol. The van der Waals surface area contributed by atoms with E-state index in [2.05, 4.69) is 34.4 Å². The monoisotopic (exact) mass is 895 g/mol. The molecule has 7 atom stereocenters. The summed E-state index contributed by atoms with van der Waals surface area (Å²) >= 11 is 0.588. The quantitative estimate of drug-likeness (QED) is 0.0331. The predicted octanol–water partition coefficient (Wildman–Crippen LogP) is -1.90. The van der Waals surface area contributed by atoms with Gasteiger partial charge in [-0.3, -0.25) is 42.1 Å². The number of phosphoric ester groups is 3. The summed E-state index contributed by atoms with van der Waals surface area (Å²) in [4.78, 5) is 109. The number of ketones is 1. The van der Waals surface area contributed by atoms with Crippen LogP contribution in [0.5, 0.6) is 0 Å². The second-order valence-corrected chi connectivity index (χ2v) is 17.8. The lowest BCUT2D eigenvalue weighted by atomic mass is 9.87. The summed E-state index contributed by atoms with van der Waals surface area (Å²) in [6.07, 6.45) is -8.17. The molecular weight excluding hydrogens is 855 g/mol. The maximum Gasteiger partial charge on any atom is 0.481 e. The number of carboxylic acids is 1. The SMILES string of the molecule is CC(C)(COP(=O)(O)OP(=O)(O)OC[C@H]1O[C@@H](n2cnc3c(N)ncnc32)[C@H](O)[C@@H]1OP(=O)(O)O)C(O)C(=O)NCCC(=O)NCCSC(=O)C(=O)CCC(=O)O. The Balaban J connectivity index is 1.47. The van der Waals surface area contributed by atoms with Crippen LogP contribution in [0.1, 0.15) is 39.3 Å². The van der Waals surface area contributed by atoms with Crippen molar-refractivity contribution < 1.29 is 95.2 Å². The van der Waals surface area contributed by atoms with Crippen molar-refractivity contribution in [1.29, 1.82) is 0 Å². The Morgan fingerprint density at radius 2 is 1.67 bits per heavy atom. The van der Waals surface area contributed by atoms with Gasteiger partial charge in [-0.2, -0.15) is 4.31 Å². The first-order chi connectivity index (χ1) is 26.3. The van der Waals surface area contributed by atoms with Gasteiger partial charge in [0, 0.05) is 37.1 Å². The summed E-state index contributed by atoms with van der Waals surface area (Å²) < 4.78 is 61.9. The zero-order valence-corrected chi connectivity index (χ0v) is 33.3. The molecule has 27 nitrogen and oxygen atoms in total. The molecule has 3 unspecified atom stereocenters. The maximum absolute atomic E-state index is 12.7. The molecule has 2 amide bonds. The number of imidazole rings is 1. The number of Topliss-reactive ketones (excluding diaryl/α,β-unsaturated/α-hetero) is 1. The fourth-order valence-corrected chi connectivity index (χ4v) is 8.16. The van der Waals surface area contributed by atoms with E-state index in [1.807, 2.05) is 0 Å². The van der Waals surface area contributed by atoms with Gasteiger partial charge in [-0.1, -0.05) is 25.6 Å². The van der Waals surface area contributed by atoms with Crippen LogP contribution < -0.4 is 16.4 Å². The van der Waals surface area contributed by atoms with Gasteiger partial charge in [0.25, 0.3) is 5.12 Å². The van der Waals surface area contributed by atoms with Crippen LogP contribution in [-0.4, -0.2) is 140 Å². The fourth-order valence-electron chi connectivity index (χ4n) is 4.68. The van der Waals surface area contributed by atoms with E-state index in [4.69, 9.17) is 24.6 Å². The Labute approximate surface area is 325 Å². The number of carbonyl (C=O) groups excluding carboxylic acids is 4. The van der Waals surface area contributed by atoms with Crippen LogP contribution in [0.15, 0.2) is 12.7 Å². The normalized spacial score (nSPS) is 21.3. The lowest BCUT2D eigenvalue weighted by Gasteiger charge is -2.30. The smallest absolute Gasteiger partial charge is 0.481 e. The standard InChI is InChI=1S/C26H40N7O20P3S/c1-26(2,20(39)23(40)29-6-5-15(35)28-7-8-57-25(41)13(34)3-4-16(36)37)10-50-56(47,48)53-55(45,46)49-9-14-19(52-54(42,43)44)18(38)24(51-14)33-12-32-17-21(27)30-11-31-22(17)33/h11-12,14,18-20,24,38-39H,3-10H2,1-2H3,(H,28,35)(H,29,40)(H,36,37)(H,45,46)(H,47,48)(H2,27,30,31)(H2,42,43,44)/t14-,18-,19-,20?,24-/m1/s1. The van der Waals surface area contributed by atoms with Gasteiger partial charge in [0.2, 0.25) is 17.6 Å². The van der Waals surface area contributed by atoms with Gasteiger partial charge in [0.15, 0.2) is 17.7 Å². The highest BCUT2D eigenvalue weighted by molar-refractivity contribution is 8.15. The van der Waals surface area contributed by atoms with Gasteiger partial charge in [-0.05, 0) is 0 Å². The molecule has 31 heteroatoms. The molecule has 2 aromatic rings. The molecule has 320 valence electrons. The topological polar surface area (TPSA) is 418 Å². The zero-order chi connectivity index (χ0) is 42.9. The molecule has 2 aromatic heterocycles. The molecule has 0 spiro atoms. The van der Waals surface area contributed by atoms with Crippen LogP contribution in [-0.2, 0) is 60.3 Å². The Kier molecular flexibility index (Phi) is 17.0. The van der Waals surface area contributed by atoms with Crippen LogP contribution in [0, 0.1) is 5.41 Å². The number of carbonyl (C=O) groups is 5. The number of aromatic nitrogens is 4. The summed E-state index contributed by atoms with van der Waals surface area (Å²) in [6.45, 7) is -0.0281. The Hall–Kier alpha value is -3.30. The Morgan fingerprint density at radius 1 is 1.00 bits per heavy atom. The van der Waals surface area contributed by atoms with E-state index in [-0.39, 0.29) is 42.2 Å². The second kappa shape index (κ2) is 20.1. The Morgan fingerprint density at radius 3 is 2.32 bits per heavy atom. The largest absolute Gasteiger partial charge is 0.481 e. The maximum atomic E-state index is 12.7. The fraction of sp³-hybridized carbons (Fsp3) is 0.615. The van der Waals surface area contributed by atoms with Crippen molar-refractivity contribution in [2.75, 3.05) is 37.8 Å². The minimum Gasteiger partial charge on any atom is -0.481 e. The molecular formula is C26H40N7O20P3S. The zero-order valence-electron chi connectivity index (χ0n) is 29.8. The first kappa shape index (κ1) is 48.1. The van der Waals surface area contributed by atoms with Crippen molar-refractivity contribution in [2.24, 2.45) is 5.41 Å². The number of thioether (sulfide) groups is 1. The highest BCUT2D eigenvalue weighted by Gasteiger charge is 2.50. The van der Waals surface area contributed by atoms with Gasteiger partial charge in [0.05, 0.1) is 26.0 Å². The number of aliphatic carboxylic acids is 1. The number of anilines is 1. The Bertz CT molecular complexity index is 1950. The number of hydrogen-bond donors (Lipinski definition) is 10. The van der Waals surface area contributed by atoms with Gasteiger partial charge < -0.3 is 56.0 Å². The van der Waals surface area contributed by atoms with Crippen LogP contribution in [0.2, 0.25) is 0 Å². The van der Waals surface area contributed by atoms with E-state index in [0.29, 0.717) is 11.8 Å². The molecule has 3 rings (SSSR count). The highest BCUT2D eigenvalue weighted by Crippen LogP contribution is 2.61. The third-order valence-corrected chi connectivity index (χ3v) is 11.5. The van der Waals surface area contributed by atoms with Crippen molar-refractivity contribution in [3.8, 4) is 0 Å². The number of nitrogens with one attached hydrogen (secondary N) is 2. The molecule has 1 aliphatic heterocycles. The molecule has 1 saturated heterocycles. The minimum atomic E-state index is -5.60. The highest BCUT2D eigenvalue weighted by atomic mass is 32.2. The molecule has 1 fully saturated rings. The van der Waals surface area contributed by atoms with Gasteiger partial charge in [-0.15, -0.1) is 0 Å². The summed E-state index contributed by atoms with van der Waals surface area (Å²) in [5.41, 5.74) is 4.16. The van der Waals surface area contributed by atoms with E-state index >= 15 is 0 Å². The van der Waals surface area contributed by atoms with Crippen molar-refractivity contribution in [3.63, 3.8) is 0 Å². The molecule has 1 aliphatic rings. The average molecular weight is 896 g/mol. The number of nitrogens with zero attached hydrogens (tertiary/aromatic N) is 4. The number of amides is 2. The average Bonchev–Trinajstić information content (AvgIpc) is 3.66. The first-order valence-electron chi connectivity index (χ1n) is 16.1. The van der Waals surface area contributed by atoms with E-state index in [1.165, 1.54) is 13.8 Å². The lowest BCUT2D eigenvalue weighted by molar-refractivity contribution is -0.139. The first-order valence-corrected chi connectivity index (χ1v) is 21.6. The molecule has 0 radical (unpaired) electrons. The number of phosphoric acid groups is 3. The van der Waals surface area contributed by atoms with E-state index in [0.717, 1.165) is 17.2 Å². The number of aliphatic hydroxyl groups excluding tert-OH is 2. The van der Waals surface area contributed by atoms with Crippen molar-refractivity contribution in [1.82, 2.24) is 30.2 Å². The number of nitrogens with two attached hydrogens (primary N) is 1. The van der Waals surface area contributed by atoms with Crippen LogP contribution >= 0.6 is 35.2 Å². The van der Waals surface area contributed by atoms with Crippen LogP contribution in [0.3, 0.4) is 0 Å². The number of rotatable bonds is 23. The van der Waals surface area contributed by atoms with E-state index in [9.17, 15) is 67.5 Å².